The van der Waals surface area contributed by atoms with Crippen LogP contribution in [0, 0.1) is 12.3 Å². The second kappa shape index (κ2) is 7.10. The average Bonchev–Trinajstić information content (AvgIpc) is 2.08. The van der Waals surface area contributed by atoms with E-state index in [1.165, 1.54) is 0 Å². The van der Waals surface area contributed by atoms with E-state index in [2.05, 4.69) is 16.7 Å². The first kappa shape index (κ1) is 13.8. The van der Waals surface area contributed by atoms with Crippen LogP contribution < -0.4 is 10.8 Å². The van der Waals surface area contributed by atoms with Crippen molar-refractivity contribution in [2.24, 2.45) is 0 Å². The van der Waals surface area contributed by atoms with E-state index in [4.69, 9.17) is 16.0 Å². The minimum atomic E-state index is -0.475. The van der Waals surface area contributed by atoms with Crippen molar-refractivity contribution in [3.05, 3.63) is 0 Å². The molecule has 0 heterocycles. The summed E-state index contributed by atoms with van der Waals surface area (Å²) in [5, 5.41) is 2.56. The Morgan fingerprint density at radius 2 is 2.07 bits per heavy atom. The van der Waals surface area contributed by atoms with Crippen molar-refractivity contribution in [2.75, 3.05) is 19.7 Å². The van der Waals surface area contributed by atoms with Crippen molar-refractivity contribution in [1.82, 2.24) is 10.8 Å². The van der Waals surface area contributed by atoms with Gasteiger partial charge in [-0.2, -0.15) is 5.48 Å². The second-order valence-electron chi connectivity index (χ2n) is 3.82. The Morgan fingerprint density at radius 1 is 1.40 bits per heavy atom. The molecule has 1 amide bonds. The van der Waals surface area contributed by atoms with Gasteiger partial charge in [0.1, 0.15) is 12.2 Å². The maximum Gasteiger partial charge on any atom is 0.407 e. The van der Waals surface area contributed by atoms with E-state index in [1.807, 2.05) is 0 Å². The standard InChI is InChI=1S/C10H18N2O3/c1-5-8-14-12-7-6-11-9(13)15-10(2,3)4/h1,12H,6-8H2,2-4H3,(H,11,13). The zero-order valence-corrected chi connectivity index (χ0v) is 9.42. The molecule has 2 N–H and O–H groups in total. The maximum atomic E-state index is 11.1. The summed E-state index contributed by atoms with van der Waals surface area (Å²) < 4.78 is 5.01. The van der Waals surface area contributed by atoms with Gasteiger partial charge in [-0.1, -0.05) is 5.92 Å². The van der Waals surface area contributed by atoms with Gasteiger partial charge < -0.3 is 10.1 Å². The highest BCUT2D eigenvalue weighted by atomic mass is 16.6. The van der Waals surface area contributed by atoms with Gasteiger partial charge in [0, 0.05) is 13.1 Å². The molecule has 0 saturated carbocycles. The highest BCUT2D eigenvalue weighted by molar-refractivity contribution is 5.67. The molecule has 0 aliphatic heterocycles. The lowest BCUT2D eigenvalue weighted by Crippen LogP contribution is -2.36. The number of rotatable bonds is 5. The molecule has 0 aromatic heterocycles. The Morgan fingerprint density at radius 3 is 2.60 bits per heavy atom. The number of amides is 1. The van der Waals surface area contributed by atoms with Gasteiger partial charge in [0.05, 0.1) is 0 Å². The zero-order chi connectivity index (χ0) is 11.7. The number of hydroxylamine groups is 1. The van der Waals surface area contributed by atoms with E-state index in [0.29, 0.717) is 13.1 Å². The Labute approximate surface area is 90.5 Å². The molecule has 0 radical (unpaired) electrons. The van der Waals surface area contributed by atoms with Gasteiger partial charge in [0.15, 0.2) is 0 Å². The van der Waals surface area contributed by atoms with Crippen LogP contribution in [0.15, 0.2) is 0 Å². The quantitative estimate of drug-likeness (QED) is 0.401. The van der Waals surface area contributed by atoms with E-state index in [1.54, 1.807) is 20.8 Å². The highest BCUT2D eigenvalue weighted by Crippen LogP contribution is 2.05. The zero-order valence-electron chi connectivity index (χ0n) is 9.42. The van der Waals surface area contributed by atoms with Crippen LogP contribution in [-0.2, 0) is 9.57 Å². The summed E-state index contributed by atoms with van der Waals surface area (Å²) in [6.45, 7) is 6.51. The molecule has 0 fully saturated rings. The molecule has 5 heteroatoms. The van der Waals surface area contributed by atoms with Crippen molar-refractivity contribution < 1.29 is 14.4 Å². The molecule has 0 aromatic carbocycles. The molecule has 0 aliphatic rings. The molecule has 0 atom stereocenters. The molecule has 0 bridgehead atoms. The average molecular weight is 214 g/mol. The molecule has 0 rings (SSSR count). The Bertz CT molecular complexity index is 228. The fourth-order valence-corrected chi connectivity index (χ4v) is 0.695. The van der Waals surface area contributed by atoms with Crippen molar-refractivity contribution in [3.8, 4) is 12.3 Å². The van der Waals surface area contributed by atoms with Crippen LogP contribution in [0.5, 0.6) is 0 Å². The minimum Gasteiger partial charge on any atom is -0.444 e. The third-order valence-electron chi connectivity index (χ3n) is 1.15. The number of carbonyl (C=O) groups excluding carboxylic acids is 1. The number of hydrogen-bond donors (Lipinski definition) is 2. The summed E-state index contributed by atoms with van der Waals surface area (Å²) >= 11 is 0. The minimum absolute atomic E-state index is 0.201. The van der Waals surface area contributed by atoms with Crippen LogP contribution in [0.3, 0.4) is 0 Å². The molecule has 86 valence electrons. The number of terminal acetylenes is 1. The first-order valence-corrected chi connectivity index (χ1v) is 4.70. The summed E-state index contributed by atoms with van der Waals surface area (Å²) in [7, 11) is 0. The highest BCUT2D eigenvalue weighted by Gasteiger charge is 2.15. The SMILES string of the molecule is C#CCONCCNC(=O)OC(C)(C)C. The van der Waals surface area contributed by atoms with Gasteiger partial charge in [-0.05, 0) is 20.8 Å². The molecule has 0 aliphatic carbocycles. The van der Waals surface area contributed by atoms with Gasteiger partial charge in [-0.15, -0.1) is 6.42 Å². The third kappa shape index (κ3) is 10.7. The van der Waals surface area contributed by atoms with Gasteiger partial charge in [0.25, 0.3) is 0 Å². The number of ether oxygens (including phenoxy) is 1. The van der Waals surface area contributed by atoms with Gasteiger partial charge in [0.2, 0.25) is 0 Å². The van der Waals surface area contributed by atoms with E-state index in [9.17, 15) is 4.79 Å². The van der Waals surface area contributed by atoms with Crippen molar-refractivity contribution in [1.29, 1.82) is 0 Å². The van der Waals surface area contributed by atoms with Crippen LogP contribution in [-0.4, -0.2) is 31.4 Å². The normalized spacial score (nSPS) is 10.5. The van der Waals surface area contributed by atoms with Crippen LogP contribution >= 0.6 is 0 Å². The summed E-state index contributed by atoms with van der Waals surface area (Å²) in [6.07, 6.45) is 4.51. The predicted molar refractivity (Wildman–Crippen MR) is 57.0 cm³/mol. The summed E-state index contributed by atoms with van der Waals surface area (Å²) in [5.41, 5.74) is 2.12. The summed E-state index contributed by atoms with van der Waals surface area (Å²) in [4.78, 5) is 15.9. The van der Waals surface area contributed by atoms with Crippen LogP contribution in [0.2, 0.25) is 0 Å². The van der Waals surface area contributed by atoms with Crippen LogP contribution in [0.4, 0.5) is 4.79 Å². The first-order chi connectivity index (χ1) is 6.95. The Hall–Kier alpha value is -1.25. The molecular formula is C10H18N2O3. The Kier molecular flexibility index (Phi) is 6.50. The maximum absolute atomic E-state index is 11.1. The number of hydrogen-bond acceptors (Lipinski definition) is 4. The lowest BCUT2D eigenvalue weighted by molar-refractivity contribution is 0.0484. The van der Waals surface area contributed by atoms with Crippen LogP contribution in [0.25, 0.3) is 0 Å². The van der Waals surface area contributed by atoms with Crippen molar-refractivity contribution in [3.63, 3.8) is 0 Å². The van der Waals surface area contributed by atoms with E-state index in [0.717, 1.165) is 0 Å². The topological polar surface area (TPSA) is 59.6 Å². The van der Waals surface area contributed by atoms with Gasteiger partial charge in [-0.3, -0.25) is 4.84 Å². The number of alkyl carbamates (subject to hydrolysis) is 1. The molecule has 0 saturated heterocycles. The lowest BCUT2D eigenvalue weighted by Gasteiger charge is -2.19. The Balaban J connectivity index is 3.37. The van der Waals surface area contributed by atoms with Crippen molar-refractivity contribution >= 4 is 6.09 Å². The number of carbonyl (C=O) groups is 1. The van der Waals surface area contributed by atoms with Gasteiger partial charge >= 0.3 is 6.09 Å². The first-order valence-electron chi connectivity index (χ1n) is 4.70. The number of nitrogens with one attached hydrogen (secondary N) is 2. The monoisotopic (exact) mass is 214 g/mol. The molecule has 0 aromatic rings. The van der Waals surface area contributed by atoms with Gasteiger partial charge in [-0.25, -0.2) is 4.79 Å². The second-order valence-corrected chi connectivity index (χ2v) is 3.82. The van der Waals surface area contributed by atoms with E-state index >= 15 is 0 Å². The van der Waals surface area contributed by atoms with E-state index < -0.39 is 11.7 Å². The fourth-order valence-electron chi connectivity index (χ4n) is 0.695. The summed E-state index contributed by atoms with van der Waals surface area (Å²) in [5.74, 6) is 2.30. The smallest absolute Gasteiger partial charge is 0.407 e. The van der Waals surface area contributed by atoms with Crippen LogP contribution in [0.1, 0.15) is 20.8 Å². The molecule has 5 nitrogen and oxygen atoms in total. The van der Waals surface area contributed by atoms with Crippen molar-refractivity contribution in [2.45, 2.75) is 26.4 Å². The lowest BCUT2D eigenvalue weighted by atomic mass is 10.2. The van der Waals surface area contributed by atoms with E-state index in [-0.39, 0.29) is 6.61 Å². The third-order valence-corrected chi connectivity index (χ3v) is 1.15. The predicted octanol–water partition coefficient (Wildman–Crippen LogP) is 0.665. The molecule has 0 spiro atoms. The fraction of sp³-hybridized carbons (Fsp3) is 0.700. The largest absolute Gasteiger partial charge is 0.444 e. The molecule has 15 heavy (non-hydrogen) atoms. The molecule has 0 unspecified atom stereocenters. The molecular weight excluding hydrogens is 196 g/mol. The summed E-state index contributed by atoms with van der Waals surface area (Å²) in [6, 6.07) is 0.